The third kappa shape index (κ3) is 3.24. The van der Waals surface area contributed by atoms with E-state index in [1.807, 2.05) is 21.6 Å². The molecule has 0 aromatic rings. The van der Waals surface area contributed by atoms with E-state index in [1.165, 1.54) is 19.3 Å². The van der Waals surface area contributed by atoms with Crippen molar-refractivity contribution < 1.29 is 9.53 Å². The van der Waals surface area contributed by atoms with Gasteiger partial charge in [-0.1, -0.05) is 28.0 Å². The molecule has 1 saturated heterocycles. The van der Waals surface area contributed by atoms with E-state index in [0.717, 1.165) is 32.1 Å². The van der Waals surface area contributed by atoms with Crippen LogP contribution < -0.4 is 5.73 Å². The van der Waals surface area contributed by atoms with Gasteiger partial charge in [0.05, 0.1) is 5.92 Å². The smallest absolute Gasteiger partial charge is 0.310 e. The summed E-state index contributed by atoms with van der Waals surface area (Å²) in [6.07, 6.45) is 8.99. The molecule has 108 valence electrons. The van der Waals surface area contributed by atoms with Crippen molar-refractivity contribution in [3.63, 3.8) is 0 Å². The zero-order chi connectivity index (χ0) is 13.2. The number of ether oxygens (including phenoxy) is 1. The molecule has 3 nitrogen and oxygen atoms in total. The lowest BCUT2D eigenvalue weighted by atomic mass is 9.96. The maximum Gasteiger partial charge on any atom is 0.310 e. The Morgan fingerprint density at radius 1 is 1.05 bits per heavy atom. The van der Waals surface area contributed by atoms with Crippen LogP contribution in [0.1, 0.15) is 51.4 Å². The standard InChI is InChI=1S/C14H23NO2S2/c15-9-6-7-11(13-12(8-9)18-19-13)14(16)17-10-4-2-1-3-5-10/h9-13H,1-8,15H2. The van der Waals surface area contributed by atoms with E-state index in [0.29, 0.717) is 10.5 Å². The van der Waals surface area contributed by atoms with E-state index in [9.17, 15) is 4.79 Å². The number of esters is 1. The van der Waals surface area contributed by atoms with Crippen LogP contribution in [0.4, 0.5) is 0 Å². The second-order valence-corrected chi connectivity index (χ2v) is 8.76. The third-order valence-corrected chi connectivity index (χ3v) is 8.21. The molecule has 0 aromatic heterocycles. The van der Waals surface area contributed by atoms with Crippen LogP contribution in [0, 0.1) is 5.92 Å². The summed E-state index contributed by atoms with van der Waals surface area (Å²) in [7, 11) is 3.77. The summed E-state index contributed by atoms with van der Waals surface area (Å²) in [4.78, 5) is 12.4. The summed E-state index contributed by atoms with van der Waals surface area (Å²) in [5.41, 5.74) is 6.09. The minimum Gasteiger partial charge on any atom is -0.462 e. The number of nitrogens with two attached hydrogens (primary N) is 1. The van der Waals surface area contributed by atoms with Gasteiger partial charge in [0.1, 0.15) is 6.10 Å². The van der Waals surface area contributed by atoms with Gasteiger partial charge in [-0.2, -0.15) is 0 Å². The molecular weight excluding hydrogens is 278 g/mol. The van der Waals surface area contributed by atoms with Gasteiger partial charge in [0.25, 0.3) is 0 Å². The van der Waals surface area contributed by atoms with Crippen molar-refractivity contribution in [1.29, 1.82) is 0 Å². The molecular formula is C14H23NO2S2. The van der Waals surface area contributed by atoms with E-state index in [2.05, 4.69) is 0 Å². The maximum absolute atomic E-state index is 12.4. The lowest BCUT2D eigenvalue weighted by Gasteiger charge is -2.38. The Morgan fingerprint density at radius 3 is 2.53 bits per heavy atom. The zero-order valence-electron chi connectivity index (χ0n) is 11.3. The Balaban J connectivity index is 1.58. The third-order valence-electron chi connectivity index (χ3n) is 4.57. The summed E-state index contributed by atoms with van der Waals surface area (Å²) >= 11 is 0. The number of carbonyl (C=O) groups is 1. The normalized spacial score (nSPS) is 39.8. The average Bonchev–Trinajstić information content (AvgIpc) is 2.50. The summed E-state index contributed by atoms with van der Waals surface area (Å²) < 4.78 is 5.77. The summed E-state index contributed by atoms with van der Waals surface area (Å²) in [5.74, 6) is 0.149. The first-order chi connectivity index (χ1) is 9.24. The predicted octanol–water partition coefficient (Wildman–Crippen LogP) is 3.12. The average molecular weight is 301 g/mol. The van der Waals surface area contributed by atoms with Crippen molar-refractivity contribution in [3.05, 3.63) is 0 Å². The number of hydrogen-bond donors (Lipinski definition) is 1. The van der Waals surface area contributed by atoms with Crippen LogP contribution in [0.15, 0.2) is 0 Å². The number of carbonyl (C=O) groups excluding carboxylic acids is 1. The quantitative estimate of drug-likeness (QED) is 0.627. The maximum atomic E-state index is 12.4. The highest BCUT2D eigenvalue weighted by Crippen LogP contribution is 2.55. The molecule has 1 aliphatic heterocycles. The SMILES string of the molecule is NC1CCC(C(=O)OC2CCCCC2)C2SSC2C1. The molecule has 2 aliphatic carbocycles. The molecule has 3 rings (SSSR count). The molecule has 5 heteroatoms. The van der Waals surface area contributed by atoms with E-state index >= 15 is 0 Å². The van der Waals surface area contributed by atoms with Crippen molar-refractivity contribution in [3.8, 4) is 0 Å². The van der Waals surface area contributed by atoms with E-state index < -0.39 is 0 Å². The molecule has 0 aromatic carbocycles. The highest BCUT2D eigenvalue weighted by molar-refractivity contribution is 8.80. The molecule has 4 atom stereocenters. The fourth-order valence-corrected chi connectivity index (χ4v) is 6.59. The molecule has 0 amide bonds. The van der Waals surface area contributed by atoms with Crippen LogP contribution in [0.2, 0.25) is 0 Å². The predicted molar refractivity (Wildman–Crippen MR) is 81.0 cm³/mol. The fraction of sp³-hybridized carbons (Fsp3) is 0.929. The van der Waals surface area contributed by atoms with Gasteiger partial charge in [0.15, 0.2) is 0 Å². The summed E-state index contributed by atoms with van der Waals surface area (Å²) in [6, 6.07) is 0.272. The molecule has 3 aliphatic rings. The van der Waals surface area contributed by atoms with Crippen LogP contribution in [0.3, 0.4) is 0 Å². The Labute approximate surface area is 123 Å². The van der Waals surface area contributed by atoms with Crippen LogP contribution in [-0.4, -0.2) is 28.6 Å². The molecule has 0 bridgehead atoms. The van der Waals surface area contributed by atoms with Crippen LogP contribution >= 0.6 is 21.6 Å². The van der Waals surface area contributed by atoms with E-state index in [4.69, 9.17) is 10.5 Å². The number of hydrogen-bond acceptors (Lipinski definition) is 5. The monoisotopic (exact) mass is 301 g/mol. The second kappa shape index (κ2) is 6.27. The first-order valence-electron chi connectivity index (χ1n) is 7.52. The van der Waals surface area contributed by atoms with Gasteiger partial charge in [-0.25, -0.2) is 0 Å². The molecule has 2 N–H and O–H groups in total. The van der Waals surface area contributed by atoms with E-state index in [-0.39, 0.29) is 24.0 Å². The molecule has 0 radical (unpaired) electrons. The number of fused-ring (bicyclic) bond motifs is 1. The minimum absolute atomic E-state index is 0.0591. The van der Waals surface area contributed by atoms with Gasteiger partial charge >= 0.3 is 5.97 Å². The van der Waals surface area contributed by atoms with Crippen molar-refractivity contribution in [1.82, 2.24) is 0 Å². The highest BCUT2D eigenvalue weighted by Gasteiger charge is 2.46. The van der Waals surface area contributed by atoms with Gasteiger partial charge in [-0.05, 0) is 44.9 Å². The number of rotatable bonds is 2. The summed E-state index contributed by atoms with van der Waals surface area (Å²) in [5, 5.41) is 1.03. The van der Waals surface area contributed by atoms with Crippen molar-refractivity contribution in [2.75, 3.05) is 0 Å². The van der Waals surface area contributed by atoms with Gasteiger partial charge in [0.2, 0.25) is 0 Å². The topological polar surface area (TPSA) is 52.3 Å². The van der Waals surface area contributed by atoms with Crippen LogP contribution in [0.5, 0.6) is 0 Å². The van der Waals surface area contributed by atoms with Crippen LogP contribution in [0.25, 0.3) is 0 Å². The summed E-state index contributed by atoms with van der Waals surface area (Å²) in [6.45, 7) is 0. The Morgan fingerprint density at radius 2 is 1.84 bits per heavy atom. The molecule has 1 heterocycles. The second-order valence-electron chi connectivity index (χ2n) is 6.07. The molecule has 3 fully saturated rings. The lowest BCUT2D eigenvalue weighted by Crippen LogP contribution is -2.40. The zero-order valence-corrected chi connectivity index (χ0v) is 12.9. The molecule has 4 unspecified atom stereocenters. The minimum atomic E-state index is 0.0591. The van der Waals surface area contributed by atoms with E-state index in [1.54, 1.807) is 0 Å². The van der Waals surface area contributed by atoms with Crippen molar-refractivity contribution in [2.24, 2.45) is 11.7 Å². The van der Waals surface area contributed by atoms with Crippen LogP contribution in [-0.2, 0) is 9.53 Å². The first kappa shape index (κ1) is 14.1. The van der Waals surface area contributed by atoms with Gasteiger partial charge < -0.3 is 10.5 Å². The van der Waals surface area contributed by atoms with Gasteiger partial charge in [-0.15, -0.1) is 0 Å². The molecule has 0 spiro atoms. The van der Waals surface area contributed by atoms with Gasteiger partial charge in [-0.3, -0.25) is 4.79 Å². The largest absolute Gasteiger partial charge is 0.462 e. The van der Waals surface area contributed by atoms with Crippen molar-refractivity contribution in [2.45, 2.75) is 74.0 Å². The Bertz CT molecular complexity index is 333. The lowest BCUT2D eigenvalue weighted by molar-refractivity contribution is -0.155. The molecule has 2 saturated carbocycles. The Hall–Kier alpha value is 0.130. The van der Waals surface area contributed by atoms with Gasteiger partial charge in [0, 0.05) is 16.5 Å². The first-order valence-corrected chi connectivity index (χ1v) is 9.80. The Kier molecular flexibility index (Phi) is 4.65. The fourth-order valence-electron chi connectivity index (χ4n) is 3.36. The highest BCUT2D eigenvalue weighted by atomic mass is 33.1. The molecule has 19 heavy (non-hydrogen) atoms. The van der Waals surface area contributed by atoms with Crippen molar-refractivity contribution >= 4 is 27.6 Å².